The van der Waals surface area contributed by atoms with Gasteiger partial charge in [0.1, 0.15) is 28.2 Å². The number of anilines is 2. The van der Waals surface area contributed by atoms with E-state index in [1.807, 2.05) is 53.7 Å². The number of ether oxygens (including phenoxy) is 1. The zero-order valence-corrected chi connectivity index (χ0v) is 25.2. The SMILES string of the molecule is Cc1ccc(-n2nc(C3CCN(S(=O)c4ccc(N5CCOCC5)nc4)CC3)cc2NC(=O)c2cnn3cccnc23)cc1. The van der Waals surface area contributed by atoms with E-state index >= 15 is 0 Å². The molecule has 1 aromatic carbocycles. The monoisotopic (exact) mass is 611 g/mol. The summed E-state index contributed by atoms with van der Waals surface area (Å²) in [5, 5.41) is 12.3. The summed E-state index contributed by atoms with van der Waals surface area (Å²) in [6.07, 6.45) is 8.23. The van der Waals surface area contributed by atoms with Crippen LogP contribution in [-0.4, -0.2) is 83.2 Å². The normalized spacial score (nSPS) is 17.2. The lowest BCUT2D eigenvalue weighted by Gasteiger charge is -2.30. The van der Waals surface area contributed by atoms with Gasteiger partial charge in [-0.1, -0.05) is 17.7 Å². The maximum absolute atomic E-state index is 13.4. The summed E-state index contributed by atoms with van der Waals surface area (Å²) in [5.74, 6) is 1.31. The topological polar surface area (TPSA) is 123 Å². The van der Waals surface area contributed by atoms with Crippen molar-refractivity contribution in [3.8, 4) is 5.69 Å². The van der Waals surface area contributed by atoms with Gasteiger partial charge in [0.2, 0.25) is 0 Å². The summed E-state index contributed by atoms with van der Waals surface area (Å²) in [5.41, 5.74) is 3.74. The fraction of sp³-hybridized carbons (Fsp3) is 0.323. The number of fused-ring (bicyclic) bond motifs is 1. The minimum absolute atomic E-state index is 0.158. The number of hydrogen-bond acceptors (Lipinski definition) is 8. The van der Waals surface area contributed by atoms with Crippen LogP contribution < -0.4 is 10.2 Å². The molecule has 0 spiro atoms. The predicted octanol–water partition coefficient (Wildman–Crippen LogP) is 3.61. The van der Waals surface area contributed by atoms with E-state index < -0.39 is 11.0 Å². The molecule has 1 atom stereocenters. The Morgan fingerprint density at radius 2 is 1.80 bits per heavy atom. The van der Waals surface area contributed by atoms with Gasteiger partial charge < -0.3 is 15.0 Å². The van der Waals surface area contributed by atoms with Crippen LogP contribution in [0.5, 0.6) is 0 Å². The fourth-order valence-corrected chi connectivity index (χ4v) is 6.83. The van der Waals surface area contributed by atoms with Crippen LogP contribution in [0.4, 0.5) is 11.6 Å². The van der Waals surface area contributed by atoms with E-state index in [9.17, 15) is 9.00 Å². The summed E-state index contributed by atoms with van der Waals surface area (Å²) < 4.78 is 24.2. The van der Waals surface area contributed by atoms with Crippen LogP contribution >= 0.6 is 0 Å². The van der Waals surface area contributed by atoms with E-state index in [1.54, 1.807) is 33.9 Å². The average Bonchev–Trinajstić information content (AvgIpc) is 3.70. The molecule has 1 N–H and O–H groups in total. The first-order chi connectivity index (χ1) is 21.5. The van der Waals surface area contributed by atoms with Crippen LogP contribution in [0.2, 0.25) is 0 Å². The van der Waals surface area contributed by atoms with Gasteiger partial charge in [-0.3, -0.25) is 4.79 Å². The molecule has 6 heterocycles. The number of carbonyl (C=O) groups excluding carboxylic acids is 1. The van der Waals surface area contributed by atoms with E-state index in [4.69, 9.17) is 9.84 Å². The maximum Gasteiger partial charge on any atom is 0.262 e. The average molecular weight is 612 g/mol. The maximum atomic E-state index is 13.4. The van der Waals surface area contributed by atoms with E-state index in [-0.39, 0.29) is 11.8 Å². The first-order valence-corrected chi connectivity index (χ1v) is 15.9. The second kappa shape index (κ2) is 12.3. The lowest BCUT2D eigenvalue weighted by atomic mass is 9.95. The Bertz CT molecular complexity index is 1790. The lowest BCUT2D eigenvalue weighted by molar-refractivity contribution is 0.102. The van der Waals surface area contributed by atoms with Crippen molar-refractivity contribution in [2.75, 3.05) is 49.6 Å². The van der Waals surface area contributed by atoms with Gasteiger partial charge in [-0.2, -0.15) is 10.2 Å². The van der Waals surface area contributed by atoms with E-state index in [1.165, 1.54) is 6.20 Å². The van der Waals surface area contributed by atoms with Crippen molar-refractivity contribution >= 4 is 34.2 Å². The van der Waals surface area contributed by atoms with Crippen molar-refractivity contribution in [3.05, 3.63) is 90.1 Å². The fourth-order valence-electron chi connectivity index (χ4n) is 5.66. The molecule has 0 aliphatic carbocycles. The van der Waals surface area contributed by atoms with Crippen molar-refractivity contribution in [2.24, 2.45) is 0 Å². The van der Waals surface area contributed by atoms with Crippen LogP contribution in [0, 0.1) is 6.92 Å². The van der Waals surface area contributed by atoms with Gasteiger partial charge in [0.25, 0.3) is 5.91 Å². The molecule has 1 amide bonds. The van der Waals surface area contributed by atoms with Crippen LogP contribution in [0.15, 0.2) is 78.2 Å². The Morgan fingerprint density at radius 3 is 2.55 bits per heavy atom. The molecule has 2 aliphatic heterocycles. The summed E-state index contributed by atoms with van der Waals surface area (Å²) in [6, 6.07) is 15.6. The number of aryl methyl sites for hydroxylation is 1. The Labute approximate surface area is 257 Å². The molecule has 12 nitrogen and oxygen atoms in total. The highest BCUT2D eigenvalue weighted by molar-refractivity contribution is 7.82. The number of hydrogen-bond donors (Lipinski definition) is 1. The van der Waals surface area contributed by atoms with Crippen molar-refractivity contribution in [1.29, 1.82) is 0 Å². The summed E-state index contributed by atoms with van der Waals surface area (Å²) in [6.45, 7) is 6.37. The molecule has 226 valence electrons. The number of carbonyl (C=O) groups is 1. The quantitative estimate of drug-likeness (QED) is 0.296. The van der Waals surface area contributed by atoms with Crippen LogP contribution in [-0.2, 0) is 15.7 Å². The van der Waals surface area contributed by atoms with Crippen molar-refractivity contribution in [2.45, 2.75) is 30.6 Å². The standard InChI is InChI=1S/C31H33N9O3S/c1-22-3-5-24(6-4-22)40-29(35-31(41)26-21-34-39-12-2-11-32-30(26)39)19-27(36-40)23-9-13-38(14-10-23)44(42)25-7-8-28(33-20-25)37-15-17-43-18-16-37/h2-8,11-12,19-21,23H,9-10,13-18H2,1H3,(H,35,41). The number of nitrogens with zero attached hydrogens (tertiary/aromatic N) is 8. The third-order valence-corrected chi connectivity index (χ3v) is 9.62. The molecule has 7 rings (SSSR count). The van der Waals surface area contributed by atoms with Crippen molar-refractivity contribution in [1.82, 2.24) is 33.7 Å². The molecule has 2 fully saturated rings. The molecule has 13 heteroatoms. The largest absolute Gasteiger partial charge is 0.378 e. The van der Waals surface area contributed by atoms with Crippen molar-refractivity contribution < 1.29 is 13.7 Å². The van der Waals surface area contributed by atoms with Crippen LogP contribution in [0.1, 0.15) is 40.4 Å². The lowest BCUT2D eigenvalue weighted by Crippen LogP contribution is -2.37. The van der Waals surface area contributed by atoms with Crippen molar-refractivity contribution in [3.63, 3.8) is 0 Å². The molecule has 0 radical (unpaired) electrons. The summed E-state index contributed by atoms with van der Waals surface area (Å²) in [4.78, 5) is 25.2. The Morgan fingerprint density at radius 1 is 1.00 bits per heavy atom. The van der Waals surface area contributed by atoms with Gasteiger partial charge in [-0.15, -0.1) is 0 Å². The number of pyridine rings is 1. The van der Waals surface area contributed by atoms with Crippen LogP contribution in [0.25, 0.3) is 11.3 Å². The molecular weight excluding hydrogens is 578 g/mol. The highest BCUT2D eigenvalue weighted by Gasteiger charge is 2.28. The number of nitrogens with one attached hydrogen (secondary N) is 1. The molecular formula is C31H33N9O3S. The molecule has 5 aromatic rings. The summed E-state index contributed by atoms with van der Waals surface area (Å²) >= 11 is 0. The number of rotatable bonds is 7. The molecule has 1 unspecified atom stereocenters. The van der Waals surface area contributed by atoms with E-state index in [2.05, 4.69) is 25.3 Å². The van der Waals surface area contributed by atoms with Gasteiger partial charge in [-0.25, -0.2) is 27.7 Å². The molecule has 0 saturated carbocycles. The highest BCUT2D eigenvalue weighted by atomic mass is 32.2. The number of benzene rings is 1. The second-order valence-corrected chi connectivity index (χ2v) is 12.5. The smallest absolute Gasteiger partial charge is 0.262 e. The van der Waals surface area contributed by atoms with E-state index in [0.717, 1.165) is 48.7 Å². The first-order valence-electron chi connectivity index (χ1n) is 14.8. The molecule has 4 aromatic heterocycles. The highest BCUT2D eigenvalue weighted by Crippen LogP contribution is 2.32. The van der Waals surface area contributed by atoms with E-state index in [0.29, 0.717) is 48.2 Å². The minimum atomic E-state index is -1.29. The van der Waals surface area contributed by atoms with Gasteiger partial charge in [0.05, 0.1) is 35.7 Å². The van der Waals surface area contributed by atoms with Gasteiger partial charge in [-0.05, 0) is 50.1 Å². The molecule has 2 saturated heterocycles. The zero-order valence-electron chi connectivity index (χ0n) is 24.4. The molecule has 2 aliphatic rings. The Kier molecular flexibility index (Phi) is 7.90. The number of amides is 1. The molecule has 44 heavy (non-hydrogen) atoms. The Balaban J connectivity index is 1.07. The number of aromatic nitrogens is 6. The molecule has 0 bridgehead atoms. The predicted molar refractivity (Wildman–Crippen MR) is 166 cm³/mol. The minimum Gasteiger partial charge on any atom is -0.378 e. The van der Waals surface area contributed by atoms with Crippen LogP contribution in [0.3, 0.4) is 0 Å². The summed E-state index contributed by atoms with van der Waals surface area (Å²) in [7, 11) is -1.29. The second-order valence-electron chi connectivity index (χ2n) is 11.0. The van der Waals surface area contributed by atoms with Gasteiger partial charge in [0.15, 0.2) is 5.65 Å². The van der Waals surface area contributed by atoms with Gasteiger partial charge >= 0.3 is 0 Å². The Hall–Kier alpha value is -4.46. The zero-order chi connectivity index (χ0) is 30.0. The third kappa shape index (κ3) is 5.73. The first kappa shape index (κ1) is 28.3. The number of morpholine rings is 1. The van der Waals surface area contributed by atoms with Gasteiger partial charge in [0, 0.05) is 56.8 Å². The third-order valence-electron chi connectivity index (χ3n) is 8.14. The number of piperidine rings is 1.